The van der Waals surface area contributed by atoms with E-state index < -0.39 is 0 Å². The molecule has 1 heterocycles. The molecule has 3 atom stereocenters. The van der Waals surface area contributed by atoms with E-state index in [1.54, 1.807) is 0 Å². The zero-order chi connectivity index (χ0) is 15.6. The molecule has 0 spiro atoms. The van der Waals surface area contributed by atoms with Crippen molar-refractivity contribution in [3.63, 3.8) is 0 Å². The van der Waals surface area contributed by atoms with Crippen molar-refractivity contribution < 1.29 is 4.74 Å². The Labute approximate surface area is 126 Å². The Hall–Kier alpha value is -0.340. The molecule has 118 valence electrons. The first-order chi connectivity index (χ1) is 9.12. The highest BCUT2D eigenvalue weighted by Gasteiger charge is 2.45. The molecule has 1 fully saturated rings. The van der Waals surface area contributed by atoms with Gasteiger partial charge in [0.25, 0.3) is 0 Å². The van der Waals surface area contributed by atoms with Crippen molar-refractivity contribution in [3.05, 3.63) is 11.6 Å². The minimum absolute atomic E-state index is 0.122. The number of hydrogen-bond acceptors (Lipinski definition) is 2. The summed E-state index contributed by atoms with van der Waals surface area (Å²) in [6.07, 6.45) is 8.01. The molecule has 1 rings (SSSR count). The van der Waals surface area contributed by atoms with Crippen LogP contribution in [-0.2, 0) is 4.74 Å². The largest absolute Gasteiger partial charge is 0.353 e. The van der Waals surface area contributed by atoms with E-state index in [-0.39, 0.29) is 5.54 Å². The van der Waals surface area contributed by atoms with Gasteiger partial charge in [0.15, 0.2) is 0 Å². The first-order valence-corrected chi connectivity index (χ1v) is 8.17. The molecule has 0 aromatic heterocycles. The minimum atomic E-state index is 0.122. The number of unbranched alkanes of at least 4 members (excludes halogenated alkanes) is 1. The van der Waals surface area contributed by atoms with Gasteiger partial charge in [-0.15, -0.1) is 0 Å². The van der Waals surface area contributed by atoms with Crippen LogP contribution in [0, 0.1) is 5.41 Å². The van der Waals surface area contributed by atoms with Crippen LogP contribution in [0.3, 0.4) is 0 Å². The molecule has 2 heteroatoms. The summed E-state index contributed by atoms with van der Waals surface area (Å²) in [5, 5.41) is 0. The van der Waals surface area contributed by atoms with Gasteiger partial charge in [0, 0.05) is 5.54 Å². The molecule has 3 unspecified atom stereocenters. The molecule has 1 aliphatic heterocycles. The van der Waals surface area contributed by atoms with Crippen molar-refractivity contribution in [2.45, 2.75) is 92.0 Å². The van der Waals surface area contributed by atoms with E-state index in [0.29, 0.717) is 17.7 Å². The van der Waals surface area contributed by atoms with Crippen LogP contribution in [0.2, 0.25) is 0 Å². The summed E-state index contributed by atoms with van der Waals surface area (Å²) in [5.74, 6) is 0. The zero-order valence-electron chi connectivity index (χ0n) is 14.9. The number of hydrogen-bond donors (Lipinski definition) is 0. The van der Waals surface area contributed by atoms with Gasteiger partial charge >= 0.3 is 0 Å². The monoisotopic (exact) mass is 281 g/mol. The van der Waals surface area contributed by atoms with E-state index in [4.69, 9.17) is 4.74 Å². The molecular weight excluding hydrogens is 246 g/mol. The van der Waals surface area contributed by atoms with Crippen LogP contribution in [0.5, 0.6) is 0 Å². The molecule has 1 aliphatic rings. The third-order valence-electron chi connectivity index (χ3n) is 4.96. The fourth-order valence-corrected chi connectivity index (χ4v) is 2.84. The molecule has 0 aliphatic carbocycles. The lowest BCUT2D eigenvalue weighted by atomic mass is 9.86. The quantitative estimate of drug-likeness (QED) is 0.371. The summed E-state index contributed by atoms with van der Waals surface area (Å²) in [6, 6.07) is 0. The van der Waals surface area contributed by atoms with Crippen molar-refractivity contribution in [2.24, 2.45) is 5.41 Å². The molecule has 0 N–H and O–H groups in total. The Morgan fingerprint density at radius 2 is 1.80 bits per heavy atom. The highest BCUT2D eigenvalue weighted by atomic mass is 16.6. The zero-order valence-corrected chi connectivity index (χ0v) is 14.9. The van der Waals surface area contributed by atoms with Gasteiger partial charge < -0.3 is 4.74 Å². The van der Waals surface area contributed by atoms with Gasteiger partial charge in [0.1, 0.15) is 6.23 Å². The average molecular weight is 281 g/mol. The summed E-state index contributed by atoms with van der Waals surface area (Å²) in [5.41, 5.74) is 2.06. The lowest BCUT2D eigenvalue weighted by molar-refractivity contribution is 0.103. The van der Waals surface area contributed by atoms with Crippen molar-refractivity contribution in [1.29, 1.82) is 0 Å². The first kappa shape index (κ1) is 17.7. The predicted octanol–water partition coefficient (Wildman–Crippen LogP) is 4.99. The van der Waals surface area contributed by atoms with E-state index in [2.05, 4.69) is 66.5 Å². The average Bonchev–Trinajstić information content (AvgIpc) is 3.08. The van der Waals surface area contributed by atoms with Gasteiger partial charge in [-0.25, -0.2) is 0 Å². The molecule has 0 saturated carbocycles. The van der Waals surface area contributed by atoms with E-state index >= 15 is 0 Å². The number of rotatable bonds is 7. The van der Waals surface area contributed by atoms with Crippen LogP contribution in [0.4, 0.5) is 0 Å². The topological polar surface area (TPSA) is 15.8 Å². The lowest BCUT2D eigenvalue weighted by Gasteiger charge is -2.39. The molecule has 20 heavy (non-hydrogen) atoms. The van der Waals surface area contributed by atoms with Gasteiger partial charge in [-0.1, -0.05) is 39.3 Å². The normalized spacial score (nSPS) is 26.8. The van der Waals surface area contributed by atoms with Crippen molar-refractivity contribution in [3.8, 4) is 0 Å². The van der Waals surface area contributed by atoms with Crippen LogP contribution in [0.1, 0.15) is 74.1 Å². The highest BCUT2D eigenvalue weighted by molar-refractivity contribution is 5.17. The Kier molecular flexibility index (Phi) is 5.86. The fourth-order valence-electron chi connectivity index (χ4n) is 2.84. The maximum Gasteiger partial charge on any atom is 0.137 e. The maximum absolute atomic E-state index is 5.65. The number of ether oxygens (including phenoxy) is 1. The molecule has 0 bridgehead atoms. The van der Waals surface area contributed by atoms with E-state index in [9.17, 15) is 0 Å². The van der Waals surface area contributed by atoms with Gasteiger partial charge in [-0.05, 0) is 58.9 Å². The van der Waals surface area contributed by atoms with Crippen molar-refractivity contribution in [2.75, 3.05) is 7.05 Å². The molecule has 0 aromatic rings. The van der Waals surface area contributed by atoms with E-state index in [1.807, 2.05) is 0 Å². The van der Waals surface area contributed by atoms with Gasteiger partial charge in [0.05, 0.1) is 6.10 Å². The Bertz CT molecular complexity index is 342. The minimum Gasteiger partial charge on any atom is -0.353 e. The SMILES string of the molecule is CCC(C)(C(C)=CCCCC(C)(C)C)N(C)C1OC1C. The predicted molar refractivity (Wildman–Crippen MR) is 87.9 cm³/mol. The molecular formula is C18H35NO. The summed E-state index contributed by atoms with van der Waals surface area (Å²) in [6.45, 7) is 16.0. The Morgan fingerprint density at radius 3 is 2.20 bits per heavy atom. The number of likely N-dealkylation sites (N-methyl/N-ethyl adjacent to an activating group) is 1. The summed E-state index contributed by atoms with van der Waals surface area (Å²) in [7, 11) is 2.20. The van der Waals surface area contributed by atoms with Crippen LogP contribution in [0.15, 0.2) is 11.6 Å². The van der Waals surface area contributed by atoms with Crippen molar-refractivity contribution in [1.82, 2.24) is 4.90 Å². The molecule has 2 nitrogen and oxygen atoms in total. The second kappa shape index (κ2) is 6.62. The van der Waals surface area contributed by atoms with Gasteiger partial charge in [0.2, 0.25) is 0 Å². The Morgan fingerprint density at radius 1 is 1.25 bits per heavy atom. The molecule has 1 saturated heterocycles. The lowest BCUT2D eigenvalue weighted by Crippen LogP contribution is -2.46. The van der Waals surface area contributed by atoms with Crippen LogP contribution >= 0.6 is 0 Å². The van der Waals surface area contributed by atoms with E-state index in [1.165, 1.54) is 24.8 Å². The summed E-state index contributed by atoms with van der Waals surface area (Å²) < 4.78 is 5.65. The number of epoxide rings is 1. The molecule has 0 aromatic carbocycles. The second-order valence-electron chi connectivity index (χ2n) is 7.81. The first-order valence-electron chi connectivity index (χ1n) is 8.17. The summed E-state index contributed by atoms with van der Waals surface area (Å²) >= 11 is 0. The summed E-state index contributed by atoms with van der Waals surface area (Å²) in [4.78, 5) is 2.41. The molecule has 0 radical (unpaired) electrons. The van der Waals surface area contributed by atoms with Crippen LogP contribution in [0.25, 0.3) is 0 Å². The van der Waals surface area contributed by atoms with Gasteiger partial charge in [-0.2, -0.15) is 0 Å². The standard InChI is InChI=1S/C18H35NO/c1-9-18(7,19(8)16-15(3)20-16)14(2)12-10-11-13-17(4,5)6/h12,15-16H,9-11,13H2,1-8H3. The smallest absolute Gasteiger partial charge is 0.137 e. The fraction of sp³-hybridized carbons (Fsp3) is 0.889. The third kappa shape index (κ3) is 4.60. The van der Waals surface area contributed by atoms with Crippen molar-refractivity contribution >= 4 is 0 Å². The second-order valence-corrected chi connectivity index (χ2v) is 7.81. The van der Waals surface area contributed by atoms with E-state index in [0.717, 1.165) is 6.42 Å². The third-order valence-corrected chi connectivity index (χ3v) is 4.96. The molecule has 0 amide bonds. The highest BCUT2D eigenvalue weighted by Crippen LogP contribution is 2.36. The van der Waals surface area contributed by atoms with Crippen LogP contribution in [-0.4, -0.2) is 29.8 Å². The number of allylic oxidation sites excluding steroid dienone is 1. The van der Waals surface area contributed by atoms with Crippen LogP contribution < -0.4 is 0 Å². The number of nitrogens with zero attached hydrogens (tertiary/aromatic N) is 1. The Balaban J connectivity index is 2.58. The van der Waals surface area contributed by atoms with Gasteiger partial charge in [-0.3, -0.25) is 4.90 Å². The maximum atomic E-state index is 5.65.